The average molecular weight is 431 g/mol. The third kappa shape index (κ3) is 4.08. The van der Waals surface area contributed by atoms with E-state index in [0.29, 0.717) is 5.56 Å². The average Bonchev–Trinajstić information content (AvgIpc) is 2.97. The van der Waals surface area contributed by atoms with E-state index in [1.165, 1.54) is 4.90 Å². The summed E-state index contributed by atoms with van der Waals surface area (Å²) in [6, 6.07) is 6.59. The number of hydrogen-bond donors (Lipinski definition) is 3. The number of nitrogens with one attached hydrogen (secondary N) is 1. The van der Waals surface area contributed by atoms with E-state index in [0.717, 1.165) is 32.1 Å². The zero-order valence-electron chi connectivity index (χ0n) is 15.3. The van der Waals surface area contributed by atoms with Gasteiger partial charge < -0.3 is 26.5 Å². The molecule has 1 aliphatic carbocycles. The predicted octanol–water partition coefficient (Wildman–Crippen LogP) is -0.231. The second-order valence-electron chi connectivity index (χ2n) is 7.49. The fourth-order valence-corrected chi connectivity index (χ4v) is 6.53. The Hall–Kier alpha value is -1.10. The monoisotopic (exact) mass is 431 g/mol. The van der Waals surface area contributed by atoms with E-state index in [1.54, 1.807) is 36.0 Å². The Morgan fingerprint density at radius 2 is 1.83 bits per heavy atom. The number of benzene rings is 1. The molecule has 2 amide bonds. The summed E-state index contributed by atoms with van der Waals surface area (Å²) < 4.78 is -0.439. The number of thioether (sulfide) groups is 1. The number of amides is 2. The summed E-state index contributed by atoms with van der Waals surface area (Å²) in [5.74, 6) is -1.70. The molecule has 2 aliphatic heterocycles. The number of fused-ring (bicyclic) bond motifs is 1. The minimum atomic E-state index is -0.953. The maximum absolute atomic E-state index is 12.7. The molecule has 2 heterocycles. The van der Waals surface area contributed by atoms with Crippen LogP contribution < -0.4 is 11.1 Å². The number of nitrogens with zero attached hydrogens (tertiary/aromatic N) is 1. The van der Waals surface area contributed by atoms with Crippen molar-refractivity contribution in [3.05, 3.63) is 35.9 Å². The summed E-state index contributed by atoms with van der Waals surface area (Å²) >= 11 is 1.55. The molecule has 29 heavy (non-hydrogen) atoms. The first-order valence-electron chi connectivity index (χ1n) is 9.28. The summed E-state index contributed by atoms with van der Waals surface area (Å²) in [6.07, 6.45) is 4.63. The van der Waals surface area contributed by atoms with Crippen LogP contribution in [0.15, 0.2) is 30.3 Å². The molecule has 3 unspecified atom stereocenters. The molecule has 3 fully saturated rings. The molecule has 0 aromatic heterocycles. The summed E-state index contributed by atoms with van der Waals surface area (Å²) in [5.41, 5.74) is 6.69. The Morgan fingerprint density at radius 3 is 2.41 bits per heavy atom. The molecule has 1 aromatic carbocycles. The van der Waals surface area contributed by atoms with Crippen LogP contribution in [0.2, 0.25) is 0 Å². The summed E-state index contributed by atoms with van der Waals surface area (Å²) in [6.45, 7) is 0. The Morgan fingerprint density at radius 1 is 1.21 bits per heavy atom. The fourth-order valence-electron chi connectivity index (χ4n) is 4.52. The van der Waals surface area contributed by atoms with Crippen LogP contribution in [0, 0.1) is 0 Å². The van der Waals surface area contributed by atoms with Gasteiger partial charge in [-0.2, -0.15) is 0 Å². The number of nitrogens with two attached hydrogens (primary N) is 1. The molecule has 6 N–H and O–H groups in total. The van der Waals surface area contributed by atoms with E-state index in [4.69, 9.17) is 5.73 Å². The molecule has 8 nitrogen and oxygen atoms in total. The molecule has 4 rings (SSSR count). The van der Waals surface area contributed by atoms with Gasteiger partial charge >= 0.3 is 35.5 Å². The Bertz CT molecular complexity index is 774. The zero-order valence-corrected chi connectivity index (χ0v) is 16.2. The van der Waals surface area contributed by atoms with Crippen molar-refractivity contribution >= 4 is 59.1 Å². The van der Waals surface area contributed by atoms with Gasteiger partial charge in [0.05, 0.1) is 0 Å². The van der Waals surface area contributed by atoms with Crippen molar-refractivity contribution in [1.82, 2.24) is 10.2 Å². The normalized spacial score (nSPS) is 27.7. The maximum atomic E-state index is 12.7. The predicted molar refractivity (Wildman–Crippen MR) is 112 cm³/mol. The molecule has 1 saturated carbocycles. The van der Waals surface area contributed by atoms with Crippen molar-refractivity contribution in [2.24, 2.45) is 5.73 Å². The van der Waals surface area contributed by atoms with E-state index >= 15 is 0 Å². The van der Waals surface area contributed by atoms with E-state index < -0.39 is 34.7 Å². The molecule has 1 aromatic rings. The number of carboxylic acids is 1. The zero-order chi connectivity index (χ0) is 19.2. The van der Waals surface area contributed by atoms with Crippen LogP contribution in [0.3, 0.4) is 0 Å². The molecule has 154 valence electrons. The number of carboxylic acid groups (broad SMARTS) is 1. The van der Waals surface area contributed by atoms with Crippen LogP contribution in [0.5, 0.6) is 0 Å². The van der Waals surface area contributed by atoms with Gasteiger partial charge in [0, 0.05) is 4.75 Å². The van der Waals surface area contributed by atoms with Gasteiger partial charge in [0.1, 0.15) is 23.5 Å². The van der Waals surface area contributed by atoms with Gasteiger partial charge in [0.15, 0.2) is 0 Å². The molecule has 0 radical (unpaired) electrons. The van der Waals surface area contributed by atoms with Crippen molar-refractivity contribution in [3.63, 3.8) is 0 Å². The number of β-lactam (4-membered cyclic amide) rings is 1. The van der Waals surface area contributed by atoms with Crippen LogP contribution in [0.4, 0.5) is 0 Å². The molecular formula is C19H26N3NaO5S. The third-order valence-corrected chi connectivity index (χ3v) is 7.73. The number of rotatable bonds is 4. The third-order valence-electron chi connectivity index (χ3n) is 5.88. The summed E-state index contributed by atoms with van der Waals surface area (Å²) in [5, 5.41) is 12.2. The Labute approximate surface area is 195 Å². The Kier molecular flexibility index (Phi) is 7.80. The second kappa shape index (κ2) is 9.36. The van der Waals surface area contributed by atoms with Gasteiger partial charge in [-0.3, -0.25) is 9.59 Å². The van der Waals surface area contributed by atoms with Crippen molar-refractivity contribution in [2.45, 2.75) is 60.4 Å². The molecule has 3 aliphatic rings. The molecular weight excluding hydrogens is 405 g/mol. The first-order chi connectivity index (χ1) is 12.9. The van der Waals surface area contributed by atoms with Crippen LogP contribution >= 0.6 is 11.8 Å². The summed E-state index contributed by atoms with van der Waals surface area (Å²) in [7, 11) is 0. The molecule has 4 atom stereocenters. The van der Waals surface area contributed by atoms with Gasteiger partial charge in [0.2, 0.25) is 11.8 Å². The minimum absolute atomic E-state index is 0. The van der Waals surface area contributed by atoms with Gasteiger partial charge in [-0.15, -0.1) is 11.8 Å². The van der Waals surface area contributed by atoms with Gasteiger partial charge in [0.25, 0.3) is 0 Å². The Balaban J connectivity index is 0.00000150. The quantitative estimate of drug-likeness (QED) is 0.444. The fraction of sp³-hybridized carbons (Fsp3) is 0.526. The van der Waals surface area contributed by atoms with Crippen LogP contribution in [0.1, 0.15) is 43.7 Å². The van der Waals surface area contributed by atoms with Crippen LogP contribution in [-0.4, -0.2) is 85.0 Å². The summed E-state index contributed by atoms with van der Waals surface area (Å²) in [4.78, 5) is 38.6. The van der Waals surface area contributed by atoms with Crippen molar-refractivity contribution < 1.29 is 25.0 Å². The van der Waals surface area contributed by atoms with Crippen molar-refractivity contribution in [1.29, 1.82) is 0 Å². The topological polar surface area (TPSA) is 144 Å². The van der Waals surface area contributed by atoms with Crippen molar-refractivity contribution in [3.8, 4) is 0 Å². The van der Waals surface area contributed by atoms with Crippen molar-refractivity contribution in [2.75, 3.05) is 0 Å². The first kappa shape index (κ1) is 24.2. The molecule has 1 spiro atoms. The van der Waals surface area contributed by atoms with Gasteiger partial charge in [-0.1, -0.05) is 49.6 Å². The molecule has 0 bridgehead atoms. The number of carbonyl (C=O) groups is 3. The van der Waals surface area contributed by atoms with E-state index in [-0.39, 0.29) is 46.3 Å². The number of hydrogen-bond acceptors (Lipinski definition) is 5. The van der Waals surface area contributed by atoms with E-state index in [1.807, 2.05) is 6.07 Å². The van der Waals surface area contributed by atoms with Crippen LogP contribution in [0.25, 0.3) is 0 Å². The second-order valence-corrected chi connectivity index (χ2v) is 9.03. The number of aliphatic carboxylic acids is 1. The van der Waals surface area contributed by atoms with E-state index in [9.17, 15) is 19.5 Å². The number of carbonyl (C=O) groups excluding carboxylic acids is 2. The SMILES string of the molecule is NC(C(=O)NC1C(=O)N2C(C(=O)O)C3(CCCCC3)S[C@@H]12)c1ccccc1.O.[NaH]. The standard InChI is InChI=1S/C19H23N3O4S.Na.H2O.H/c20-12(11-7-3-1-4-8-11)15(23)21-13-16(24)22-14(18(25)26)19(27-17(13)22)9-5-2-6-10-19;;;/h1,3-4,7-8,12-14,17H,2,5-6,9-10,20H2,(H,21,23)(H,25,26);;1H2;/t12?,13?,14?,17-;;;/m0.../s1. The van der Waals surface area contributed by atoms with Gasteiger partial charge in [-0.05, 0) is 18.4 Å². The molecule has 10 heteroatoms. The first-order valence-corrected chi connectivity index (χ1v) is 10.2. The molecule has 2 saturated heterocycles. The van der Waals surface area contributed by atoms with E-state index in [2.05, 4.69) is 5.32 Å². The van der Waals surface area contributed by atoms with Gasteiger partial charge in [-0.25, -0.2) is 4.79 Å². The van der Waals surface area contributed by atoms with Crippen LogP contribution in [-0.2, 0) is 14.4 Å².